The Bertz CT molecular complexity index is 524. The van der Waals surface area contributed by atoms with Crippen LogP contribution in [0.3, 0.4) is 0 Å². The monoisotopic (exact) mass is 411 g/mol. The molecule has 0 aliphatic carbocycles. The zero-order chi connectivity index (χ0) is 15.7. The molecule has 4 nitrogen and oxygen atoms in total. The summed E-state index contributed by atoms with van der Waals surface area (Å²) in [5.74, 6) is 0.107. The van der Waals surface area contributed by atoms with Crippen LogP contribution in [0.4, 0.5) is 0 Å². The van der Waals surface area contributed by atoms with Gasteiger partial charge in [0.1, 0.15) is 5.75 Å². The molecule has 1 aromatic rings. The number of aliphatic hydroxyl groups is 1. The third-order valence-corrected chi connectivity index (χ3v) is 4.97. The number of carbonyl (C=O) groups is 1. The van der Waals surface area contributed by atoms with E-state index in [1.807, 2.05) is 0 Å². The van der Waals surface area contributed by atoms with Crippen molar-refractivity contribution in [3.05, 3.63) is 26.3 Å². The number of benzene rings is 1. The average Bonchev–Trinajstić information content (AvgIpc) is 2.29. The molecule has 20 heavy (non-hydrogen) atoms. The second kappa shape index (κ2) is 6.07. The van der Waals surface area contributed by atoms with Crippen molar-refractivity contribution in [3.63, 3.8) is 0 Å². The number of hydrogen-bond acceptors (Lipinski definition) is 3. The van der Waals surface area contributed by atoms with Gasteiger partial charge in [-0.2, -0.15) is 0 Å². The molecule has 0 atom stereocenters. The predicted octanol–water partition coefficient (Wildman–Crippen LogP) is 3.23. The molecule has 0 radical (unpaired) electrons. The highest BCUT2D eigenvalue weighted by Gasteiger charge is 2.37. The predicted molar refractivity (Wildman–Crippen MR) is 88.6 cm³/mol. The minimum Gasteiger partial charge on any atom is -0.496 e. The van der Waals surface area contributed by atoms with Crippen molar-refractivity contribution in [2.75, 3.05) is 7.11 Å². The van der Waals surface area contributed by atoms with E-state index in [1.165, 1.54) is 7.11 Å². The summed E-state index contributed by atoms with van der Waals surface area (Å²) in [5.41, 5.74) is -1.52. The minimum absolute atomic E-state index is 0.340. The molecule has 1 aromatic carbocycles. The molecular formula is C14H19ClINO3. The Hall–Kier alpha value is -0.530. The van der Waals surface area contributed by atoms with Crippen LogP contribution in [0.1, 0.15) is 38.1 Å². The van der Waals surface area contributed by atoms with Crippen molar-refractivity contribution in [1.29, 1.82) is 0 Å². The molecule has 1 rings (SSSR count). The maximum absolute atomic E-state index is 12.4. The van der Waals surface area contributed by atoms with Crippen LogP contribution < -0.4 is 10.1 Å². The standard InChI is InChI=1S/C14H19ClINO3/c1-13(2,14(3,4)19)17-12(18)8-6-9(15)10(16)7-11(8)20-5/h6-7,19H,1-5H3,(H,17,18). The van der Waals surface area contributed by atoms with E-state index in [9.17, 15) is 9.90 Å². The van der Waals surface area contributed by atoms with Crippen LogP contribution >= 0.6 is 34.2 Å². The van der Waals surface area contributed by atoms with Gasteiger partial charge in [0.2, 0.25) is 0 Å². The van der Waals surface area contributed by atoms with Gasteiger partial charge in [0.15, 0.2) is 0 Å². The topological polar surface area (TPSA) is 58.6 Å². The largest absolute Gasteiger partial charge is 0.496 e. The highest BCUT2D eigenvalue weighted by molar-refractivity contribution is 14.1. The van der Waals surface area contributed by atoms with Gasteiger partial charge in [0, 0.05) is 3.57 Å². The van der Waals surface area contributed by atoms with Crippen LogP contribution in [0.25, 0.3) is 0 Å². The SMILES string of the molecule is COc1cc(I)c(Cl)cc1C(=O)NC(C)(C)C(C)(C)O. The molecule has 0 saturated carbocycles. The summed E-state index contributed by atoms with van der Waals surface area (Å²) in [5, 5.41) is 13.4. The zero-order valence-electron chi connectivity index (χ0n) is 12.2. The third-order valence-electron chi connectivity index (χ3n) is 3.44. The fourth-order valence-corrected chi connectivity index (χ4v) is 1.98. The number of methoxy groups -OCH3 is 1. The zero-order valence-corrected chi connectivity index (χ0v) is 15.1. The maximum Gasteiger partial charge on any atom is 0.255 e. The molecule has 2 N–H and O–H groups in total. The van der Waals surface area contributed by atoms with E-state index in [2.05, 4.69) is 27.9 Å². The molecule has 0 aliphatic heterocycles. The van der Waals surface area contributed by atoms with Crippen LogP contribution in [-0.4, -0.2) is 29.3 Å². The van der Waals surface area contributed by atoms with E-state index in [0.29, 0.717) is 16.3 Å². The molecule has 0 aliphatic rings. The van der Waals surface area contributed by atoms with E-state index in [-0.39, 0.29) is 5.91 Å². The average molecular weight is 412 g/mol. The van der Waals surface area contributed by atoms with Gasteiger partial charge in [-0.3, -0.25) is 4.79 Å². The van der Waals surface area contributed by atoms with Gasteiger partial charge in [-0.05, 0) is 62.4 Å². The molecular weight excluding hydrogens is 393 g/mol. The van der Waals surface area contributed by atoms with E-state index < -0.39 is 11.1 Å². The van der Waals surface area contributed by atoms with Gasteiger partial charge in [0.05, 0.1) is 28.8 Å². The number of ether oxygens (including phenoxy) is 1. The lowest BCUT2D eigenvalue weighted by atomic mass is 9.85. The second-order valence-corrected chi connectivity index (χ2v) is 7.17. The van der Waals surface area contributed by atoms with Crippen molar-refractivity contribution in [1.82, 2.24) is 5.32 Å². The lowest BCUT2D eigenvalue weighted by Crippen LogP contribution is -2.57. The molecule has 0 spiro atoms. The Balaban J connectivity index is 3.13. The first-order valence-corrected chi connectivity index (χ1v) is 7.53. The number of halogens is 2. The minimum atomic E-state index is -1.07. The van der Waals surface area contributed by atoms with E-state index in [1.54, 1.807) is 39.8 Å². The molecule has 0 saturated heterocycles. The number of amides is 1. The highest BCUT2D eigenvalue weighted by Crippen LogP contribution is 2.29. The summed E-state index contributed by atoms with van der Waals surface area (Å²) in [6.07, 6.45) is 0. The second-order valence-electron chi connectivity index (χ2n) is 5.60. The molecule has 0 bridgehead atoms. The first-order valence-electron chi connectivity index (χ1n) is 6.07. The van der Waals surface area contributed by atoms with Crippen molar-refractivity contribution < 1.29 is 14.6 Å². The summed E-state index contributed by atoms with van der Waals surface area (Å²) < 4.78 is 6.02. The van der Waals surface area contributed by atoms with E-state index in [0.717, 1.165) is 3.57 Å². The molecule has 0 aromatic heterocycles. The highest BCUT2D eigenvalue weighted by atomic mass is 127. The molecule has 112 valence electrons. The van der Waals surface area contributed by atoms with Crippen molar-refractivity contribution >= 4 is 40.1 Å². The Morgan fingerprint density at radius 3 is 2.35 bits per heavy atom. The van der Waals surface area contributed by atoms with Gasteiger partial charge in [-0.15, -0.1) is 0 Å². The normalized spacial score (nSPS) is 12.2. The number of hydrogen-bond donors (Lipinski definition) is 2. The number of rotatable bonds is 4. The maximum atomic E-state index is 12.4. The summed E-state index contributed by atoms with van der Waals surface area (Å²) >= 11 is 8.13. The fourth-order valence-electron chi connectivity index (χ4n) is 1.38. The van der Waals surface area contributed by atoms with Gasteiger partial charge in [-0.1, -0.05) is 11.6 Å². The van der Waals surface area contributed by atoms with Crippen molar-refractivity contribution in [2.24, 2.45) is 0 Å². The fraction of sp³-hybridized carbons (Fsp3) is 0.500. The molecule has 0 unspecified atom stereocenters. The molecule has 6 heteroatoms. The number of nitrogens with one attached hydrogen (secondary N) is 1. The van der Waals surface area contributed by atoms with Crippen LogP contribution in [0.15, 0.2) is 12.1 Å². The Morgan fingerprint density at radius 1 is 1.35 bits per heavy atom. The lowest BCUT2D eigenvalue weighted by molar-refractivity contribution is -0.00297. The Morgan fingerprint density at radius 2 is 1.90 bits per heavy atom. The first kappa shape index (κ1) is 17.5. The van der Waals surface area contributed by atoms with Gasteiger partial charge in [-0.25, -0.2) is 0 Å². The van der Waals surface area contributed by atoms with Gasteiger partial charge >= 0.3 is 0 Å². The van der Waals surface area contributed by atoms with Crippen LogP contribution in [0.5, 0.6) is 5.75 Å². The van der Waals surface area contributed by atoms with Crippen LogP contribution in [-0.2, 0) is 0 Å². The van der Waals surface area contributed by atoms with Crippen molar-refractivity contribution in [2.45, 2.75) is 38.8 Å². The molecule has 0 fully saturated rings. The molecule has 0 heterocycles. The van der Waals surface area contributed by atoms with E-state index >= 15 is 0 Å². The number of carbonyl (C=O) groups excluding carboxylic acids is 1. The summed E-state index contributed by atoms with van der Waals surface area (Å²) in [6.45, 7) is 6.80. The summed E-state index contributed by atoms with van der Waals surface area (Å²) in [7, 11) is 1.50. The summed E-state index contributed by atoms with van der Waals surface area (Å²) in [6, 6.07) is 3.27. The first-order chi connectivity index (χ1) is 8.99. The Labute approximate surface area is 138 Å². The van der Waals surface area contributed by atoms with Crippen LogP contribution in [0, 0.1) is 3.57 Å². The lowest BCUT2D eigenvalue weighted by Gasteiger charge is -2.38. The van der Waals surface area contributed by atoms with Crippen LogP contribution in [0.2, 0.25) is 5.02 Å². The van der Waals surface area contributed by atoms with E-state index in [4.69, 9.17) is 16.3 Å². The molecule has 1 amide bonds. The summed E-state index contributed by atoms with van der Waals surface area (Å²) in [4.78, 5) is 12.4. The van der Waals surface area contributed by atoms with Gasteiger partial charge in [0.25, 0.3) is 5.91 Å². The van der Waals surface area contributed by atoms with Crippen molar-refractivity contribution in [3.8, 4) is 5.75 Å². The smallest absolute Gasteiger partial charge is 0.255 e. The third kappa shape index (κ3) is 3.77. The quantitative estimate of drug-likeness (QED) is 0.748. The Kier molecular flexibility index (Phi) is 5.32. The van der Waals surface area contributed by atoms with Gasteiger partial charge < -0.3 is 15.2 Å².